The second kappa shape index (κ2) is 9.89. The quantitative estimate of drug-likeness (QED) is 0.712. The Balaban J connectivity index is 2.54. The van der Waals surface area contributed by atoms with E-state index in [-0.39, 0.29) is 0 Å². The van der Waals surface area contributed by atoms with Crippen LogP contribution in [0.2, 0.25) is 0 Å². The van der Waals surface area contributed by atoms with Crippen molar-refractivity contribution in [3.05, 3.63) is 30.1 Å². The zero-order valence-electron chi connectivity index (χ0n) is 13.6. The van der Waals surface area contributed by atoms with Gasteiger partial charge in [0.2, 0.25) is 0 Å². The summed E-state index contributed by atoms with van der Waals surface area (Å²) in [6.07, 6.45) is 6.59. The third-order valence-corrected chi connectivity index (χ3v) is 3.96. The molecule has 1 aromatic rings. The van der Waals surface area contributed by atoms with Gasteiger partial charge in [0.25, 0.3) is 0 Å². The highest BCUT2D eigenvalue weighted by Gasteiger charge is 2.22. The predicted octanol–water partition coefficient (Wildman–Crippen LogP) is 3.11. The number of hydrogen-bond donors (Lipinski definition) is 1. The standard InChI is InChI=1S/C17H31N3/c1-5-10-16(18-7-3)17(6-2)20(4)14-12-15-11-8-9-13-19-15/h8-9,11,13,16-18H,5-7,10,12,14H2,1-4H3. The molecule has 0 aromatic carbocycles. The average Bonchev–Trinajstić information content (AvgIpc) is 2.47. The molecule has 0 bridgehead atoms. The van der Waals surface area contributed by atoms with E-state index in [1.54, 1.807) is 0 Å². The van der Waals surface area contributed by atoms with Crippen LogP contribution in [-0.4, -0.2) is 42.1 Å². The predicted molar refractivity (Wildman–Crippen MR) is 87.0 cm³/mol. The molecule has 0 saturated heterocycles. The van der Waals surface area contributed by atoms with Gasteiger partial charge in [0.1, 0.15) is 0 Å². The van der Waals surface area contributed by atoms with Crippen molar-refractivity contribution >= 4 is 0 Å². The molecule has 1 heterocycles. The third-order valence-electron chi connectivity index (χ3n) is 3.96. The maximum Gasteiger partial charge on any atom is 0.0416 e. The molecular formula is C17H31N3. The molecule has 20 heavy (non-hydrogen) atoms. The van der Waals surface area contributed by atoms with Gasteiger partial charge in [-0.3, -0.25) is 4.98 Å². The summed E-state index contributed by atoms with van der Waals surface area (Å²) in [6, 6.07) is 7.37. The van der Waals surface area contributed by atoms with Crippen LogP contribution in [0.1, 0.15) is 45.7 Å². The molecule has 114 valence electrons. The smallest absolute Gasteiger partial charge is 0.0416 e. The molecule has 2 unspecified atom stereocenters. The highest BCUT2D eigenvalue weighted by Crippen LogP contribution is 2.13. The van der Waals surface area contributed by atoms with Crippen molar-refractivity contribution in [2.75, 3.05) is 20.1 Å². The van der Waals surface area contributed by atoms with Crippen LogP contribution in [0.5, 0.6) is 0 Å². The lowest BCUT2D eigenvalue weighted by Crippen LogP contribution is -2.48. The van der Waals surface area contributed by atoms with Crippen molar-refractivity contribution in [1.82, 2.24) is 15.2 Å². The van der Waals surface area contributed by atoms with E-state index in [1.165, 1.54) is 25.0 Å². The molecular weight excluding hydrogens is 246 g/mol. The Morgan fingerprint density at radius 2 is 2.05 bits per heavy atom. The van der Waals surface area contributed by atoms with E-state index < -0.39 is 0 Å². The Kier molecular flexibility index (Phi) is 8.47. The van der Waals surface area contributed by atoms with Gasteiger partial charge in [-0.25, -0.2) is 0 Å². The number of nitrogens with zero attached hydrogens (tertiary/aromatic N) is 2. The second-order valence-electron chi connectivity index (χ2n) is 5.48. The van der Waals surface area contributed by atoms with Crippen LogP contribution in [0.15, 0.2) is 24.4 Å². The number of aromatic nitrogens is 1. The Bertz CT molecular complexity index is 333. The molecule has 0 aliphatic heterocycles. The van der Waals surface area contributed by atoms with Crippen molar-refractivity contribution in [2.45, 2.75) is 58.5 Å². The minimum Gasteiger partial charge on any atom is -0.313 e. The van der Waals surface area contributed by atoms with Gasteiger partial charge >= 0.3 is 0 Å². The van der Waals surface area contributed by atoms with Gasteiger partial charge < -0.3 is 10.2 Å². The van der Waals surface area contributed by atoms with E-state index in [9.17, 15) is 0 Å². The monoisotopic (exact) mass is 277 g/mol. The molecule has 1 aromatic heterocycles. The summed E-state index contributed by atoms with van der Waals surface area (Å²) >= 11 is 0. The first-order chi connectivity index (χ1) is 9.72. The summed E-state index contributed by atoms with van der Waals surface area (Å²) in [5.74, 6) is 0. The normalized spacial score (nSPS) is 14.4. The molecule has 2 atom stereocenters. The first-order valence-corrected chi connectivity index (χ1v) is 8.06. The number of nitrogens with one attached hydrogen (secondary N) is 1. The van der Waals surface area contributed by atoms with Crippen LogP contribution in [0.25, 0.3) is 0 Å². The highest BCUT2D eigenvalue weighted by molar-refractivity contribution is 5.03. The minimum absolute atomic E-state index is 0.601. The van der Waals surface area contributed by atoms with Gasteiger partial charge in [-0.15, -0.1) is 0 Å². The zero-order valence-corrected chi connectivity index (χ0v) is 13.6. The maximum atomic E-state index is 4.41. The minimum atomic E-state index is 0.601. The lowest BCUT2D eigenvalue weighted by atomic mass is 9.99. The lowest BCUT2D eigenvalue weighted by molar-refractivity contribution is 0.181. The van der Waals surface area contributed by atoms with Crippen molar-refractivity contribution in [3.8, 4) is 0 Å². The first kappa shape index (κ1) is 17.1. The molecule has 0 aliphatic carbocycles. The summed E-state index contributed by atoms with van der Waals surface area (Å²) < 4.78 is 0. The first-order valence-electron chi connectivity index (χ1n) is 8.06. The van der Waals surface area contributed by atoms with Crippen LogP contribution >= 0.6 is 0 Å². The van der Waals surface area contributed by atoms with Crippen LogP contribution in [-0.2, 0) is 6.42 Å². The summed E-state index contributed by atoms with van der Waals surface area (Å²) in [5.41, 5.74) is 1.18. The van der Waals surface area contributed by atoms with Crippen LogP contribution < -0.4 is 5.32 Å². The highest BCUT2D eigenvalue weighted by atomic mass is 15.2. The summed E-state index contributed by atoms with van der Waals surface area (Å²) in [5, 5.41) is 3.66. The molecule has 1 rings (SSSR count). The Morgan fingerprint density at radius 3 is 2.60 bits per heavy atom. The Hall–Kier alpha value is -0.930. The van der Waals surface area contributed by atoms with Crippen LogP contribution in [0.4, 0.5) is 0 Å². The van der Waals surface area contributed by atoms with E-state index >= 15 is 0 Å². The SMILES string of the molecule is CCCC(NCC)C(CC)N(C)CCc1ccccn1. The fraction of sp³-hybridized carbons (Fsp3) is 0.706. The topological polar surface area (TPSA) is 28.2 Å². The van der Waals surface area contributed by atoms with E-state index in [0.717, 1.165) is 19.5 Å². The second-order valence-corrected chi connectivity index (χ2v) is 5.48. The number of likely N-dealkylation sites (N-methyl/N-ethyl adjacent to an activating group) is 2. The van der Waals surface area contributed by atoms with Gasteiger partial charge in [0.05, 0.1) is 0 Å². The lowest BCUT2D eigenvalue weighted by Gasteiger charge is -2.34. The van der Waals surface area contributed by atoms with Gasteiger partial charge in [0, 0.05) is 36.9 Å². The van der Waals surface area contributed by atoms with E-state index in [2.05, 4.69) is 55.2 Å². The van der Waals surface area contributed by atoms with E-state index in [1.807, 2.05) is 12.3 Å². The fourth-order valence-corrected chi connectivity index (χ4v) is 2.91. The molecule has 0 spiro atoms. The molecule has 3 nitrogen and oxygen atoms in total. The van der Waals surface area contributed by atoms with Crippen molar-refractivity contribution in [1.29, 1.82) is 0 Å². The van der Waals surface area contributed by atoms with Crippen molar-refractivity contribution in [3.63, 3.8) is 0 Å². The molecule has 0 amide bonds. The fourth-order valence-electron chi connectivity index (χ4n) is 2.91. The Labute approximate surface area is 124 Å². The molecule has 0 aliphatic rings. The molecule has 0 saturated carbocycles. The van der Waals surface area contributed by atoms with E-state index in [0.29, 0.717) is 12.1 Å². The summed E-state index contributed by atoms with van der Waals surface area (Å²) in [6.45, 7) is 8.88. The molecule has 0 radical (unpaired) electrons. The number of hydrogen-bond acceptors (Lipinski definition) is 3. The number of rotatable bonds is 10. The van der Waals surface area contributed by atoms with Gasteiger partial charge in [-0.2, -0.15) is 0 Å². The van der Waals surface area contributed by atoms with Crippen molar-refractivity contribution in [2.24, 2.45) is 0 Å². The van der Waals surface area contributed by atoms with Gasteiger partial charge in [0.15, 0.2) is 0 Å². The van der Waals surface area contributed by atoms with Gasteiger partial charge in [-0.1, -0.05) is 33.3 Å². The summed E-state index contributed by atoms with van der Waals surface area (Å²) in [7, 11) is 2.25. The number of pyridine rings is 1. The maximum absolute atomic E-state index is 4.41. The third kappa shape index (κ3) is 5.59. The van der Waals surface area contributed by atoms with Gasteiger partial charge in [-0.05, 0) is 38.6 Å². The Morgan fingerprint density at radius 1 is 1.25 bits per heavy atom. The van der Waals surface area contributed by atoms with Crippen LogP contribution in [0.3, 0.4) is 0 Å². The summed E-state index contributed by atoms with van der Waals surface area (Å²) in [4.78, 5) is 6.91. The molecule has 1 N–H and O–H groups in total. The largest absolute Gasteiger partial charge is 0.313 e. The van der Waals surface area contributed by atoms with Crippen LogP contribution in [0, 0.1) is 0 Å². The zero-order chi connectivity index (χ0) is 14.8. The molecule has 0 fully saturated rings. The van der Waals surface area contributed by atoms with Crippen molar-refractivity contribution < 1.29 is 0 Å². The molecule has 3 heteroatoms. The van der Waals surface area contributed by atoms with E-state index in [4.69, 9.17) is 0 Å². The average molecular weight is 277 g/mol.